The fourth-order valence-corrected chi connectivity index (χ4v) is 2.50. The summed E-state index contributed by atoms with van der Waals surface area (Å²) in [4.78, 5) is 77.0. The summed E-state index contributed by atoms with van der Waals surface area (Å²) in [6.07, 6.45) is 0.0491. The van der Waals surface area contributed by atoms with Gasteiger partial charge in [0.25, 0.3) is 22.8 Å². The molecule has 0 bridgehead atoms. The van der Waals surface area contributed by atoms with Crippen LogP contribution in [-0.4, -0.2) is 77.2 Å². The molecule has 12 heteroatoms. The van der Waals surface area contributed by atoms with Gasteiger partial charge >= 0.3 is 0 Å². The van der Waals surface area contributed by atoms with Crippen LogP contribution >= 0.6 is 0 Å². The Hall–Kier alpha value is -3.83. The van der Waals surface area contributed by atoms with Crippen molar-refractivity contribution in [2.45, 2.75) is 6.92 Å². The summed E-state index contributed by atoms with van der Waals surface area (Å²) in [5.74, 6) is -2.85. The van der Waals surface area contributed by atoms with E-state index in [0.29, 0.717) is 4.90 Å². The number of hydrogen-bond donors (Lipinski definition) is 0. The maximum Gasteiger partial charge on any atom is 0.296 e. The Balaban J connectivity index is 2.36. The Labute approximate surface area is 158 Å². The average molecular weight is 392 g/mol. The molecule has 0 aliphatic carbocycles. The van der Waals surface area contributed by atoms with Crippen LogP contribution in [0.3, 0.4) is 0 Å². The molecule has 1 aromatic rings. The van der Waals surface area contributed by atoms with Gasteiger partial charge in [-0.05, 0) is 24.6 Å². The average Bonchev–Trinajstić information content (AvgIpc) is 2.85. The van der Waals surface area contributed by atoms with E-state index < -0.39 is 42.0 Å². The molecule has 0 spiro atoms. The van der Waals surface area contributed by atoms with E-state index in [2.05, 4.69) is 4.84 Å². The van der Waals surface area contributed by atoms with Gasteiger partial charge in [0.2, 0.25) is 12.3 Å². The van der Waals surface area contributed by atoms with E-state index in [9.17, 15) is 34.1 Å². The number of carbonyl (C=O) groups excluding carboxylic acids is 5. The van der Waals surface area contributed by atoms with Crippen LogP contribution in [-0.2, 0) is 14.4 Å². The van der Waals surface area contributed by atoms with Gasteiger partial charge in [-0.25, -0.2) is 0 Å². The SMILES string of the molecule is Cc1cc2c(cc1C(=O)N(C=O)CO[N+](=O)[O-])C(=O)N(CC(=O)N(C)C)C2=O. The van der Waals surface area contributed by atoms with E-state index in [0.717, 1.165) is 11.0 Å². The monoisotopic (exact) mass is 392 g/mol. The van der Waals surface area contributed by atoms with Gasteiger partial charge in [-0.2, -0.15) is 0 Å². The van der Waals surface area contributed by atoms with Gasteiger partial charge in [0, 0.05) is 19.7 Å². The number of carbonyl (C=O) groups is 5. The first-order chi connectivity index (χ1) is 13.1. The number of fused-ring (bicyclic) bond motifs is 1. The standard InChI is InChI=1S/C16H16N4O8/c1-9-4-11-12(16(25)19(15(11)24)6-13(22)17(2)3)5-10(9)14(23)18(7-21)8-28-20(26)27/h4-5,7H,6,8H2,1-3H3. The van der Waals surface area contributed by atoms with Gasteiger partial charge in [0.15, 0.2) is 6.73 Å². The Morgan fingerprint density at radius 3 is 2.29 bits per heavy atom. The molecule has 1 aliphatic heterocycles. The van der Waals surface area contributed by atoms with Gasteiger partial charge in [0.1, 0.15) is 6.54 Å². The summed E-state index contributed by atoms with van der Waals surface area (Å²) in [6.45, 7) is 0.0806. The molecule has 0 atom stereocenters. The summed E-state index contributed by atoms with van der Waals surface area (Å²) in [5, 5.41) is 9.10. The minimum atomic E-state index is -1.17. The number of aryl methyl sites for hydroxylation is 1. The van der Waals surface area contributed by atoms with E-state index in [1.54, 1.807) is 0 Å². The molecule has 1 aliphatic rings. The van der Waals surface area contributed by atoms with Crippen LogP contribution in [0.4, 0.5) is 0 Å². The Bertz CT molecular complexity index is 895. The first-order valence-corrected chi connectivity index (χ1v) is 7.83. The molecule has 0 aromatic heterocycles. The van der Waals surface area contributed by atoms with Gasteiger partial charge in [0.05, 0.1) is 11.1 Å². The van der Waals surface area contributed by atoms with Crippen LogP contribution < -0.4 is 0 Å². The highest BCUT2D eigenvalue weighted by Crippen LogP contribution is 2.27. The van der Waals surface area contributed by atoms with Crippen LogP contribution in [0.5, 0.6) is 0 Å². The molecule has 2 rings (SSSR count). The van der Waals surface area contributed by atoms with Crippen molar-refractivity contribution in [2.75, 3.05) is 27.4 Å². The Kier molecular flexibility index (Phi) is 5.72. The highest BCUT2D eigenvalue weighted by atomic mass is 17.0. The second-order valence-corrected chi connectivity index (χ2v) is 6.06. The molecule has 1 aromatic carbocycles. The van der Waals surface area contributed by atoms with Crippen molar-refractivity contribution >= 4 is 30.0 Å². The topological polar surface area (TPSA) is 147 Å². The molecule has 0 saturated carbocycles. The van der Waals surface area contributed by atoms with Crippen molar-refractivity contribution in [3.8, 4) is 0 Å². The molecule has 28 heavy (non-hydrogen) atoms. The summed E-state index contributed by atoms with van der Waals surface area (Å²) in [6, 6.07) is 2.41. The van der Waals surface area contributed by atoms with E-state index >= 15 is 0 Å². The largest absolute Gasteiger partial charge is 0.347 e. The molecule has 0 saturated heterocycles. The molecular weight excluding hydrogens is 376 g/mol. The maximum atomic E-state index is 12.5. The molecule has 5 amide bonds. The fourth-order valence-electron chi connectivity index (χ4n) is 2.50. The molecule has 0 unspecified atom stereocenters. The zero-order valence-corrected chi connectivity index (χ0v) is 15.2. The van der Waals surface area contributed by atoms with Crippen molar-refractivity contribution in [1.82, 2.24) is 14.7 Å². The third-order valence-corrected chi connectivity index (χ3v) is 4.03. The molecule has 148 valence electrons. The number of hydrogen-bond acceptors (Lipinski definition) is 8. The summed E-state index contributed by atoms with van der Waals surface area (Å²) in [5.41, 5.74) is 0.0646. The third kappa shape index (κ3) is 3.79. The van der Waals surface area contributed by atoms with Crippen molar-refractivity contribution in [1.29, 1.82) is 0 Å². The lowest BCUT2D eigenvalue weighted by molar-refractivity contribution is -0.761. The van der Waals surface area contributed by atoms with Crippen molar-refractivity contribution in [3.63, 3.8) is 0 Å². The number of imide groups is 2. The highest BCUT2D eigenvalue weighted by Gasteiger charge is 2.38. The van der Waals surface area contributed by atoms with Crippen LogP contribution in [0.2, 0.25) is 0 Å². The number of nitrogens with zero attached hydrogens (tertiary/aromatic N) is 4. The molecule has 0 radical (unpaired) electrons. The second kappa shape index (κ2) is 7.82. The first-order valence-electron chi connectivity index (χ1n) is 7.83. The van der Waals surface area contributed by atoms with Gasteiger partial charge in [-0.15, -0.1) is 10.1 Å². The molecule has 12 nitrogen and oxygen atoms in total. The van der Waals surface area contributed by atoms with E-state index in [-0.39, 0.29) is 28.7 Å². The number of likely N-dealkylation sites (N-methyl/N-ethyl adjacent to an activating group) is 1. The van der Waals surface area contributed by atoms with Gasteiger partial charge in [-0.3, -0.25) is 38.6 Å². The lowest BCUT2D eigenvalue weighted by Crippen LogP contribution is -2.39. The smallest absolute Gasteiger partial charge is 0.296 e. The van der Waals surface area contributed by atoms with Gasteiger partial charge < -0.3 is 4.90 Å². The lowest BCUT2D eigenvalue weighted by atomic mass is 9.99. The lowest BCUT2D eigenvalue weighted by Gasteiger charge is -2.16. The molecule has 1 heterocycles. The van der Waals surface area contributed by atoms with Crippen molar-refractivity contribution in [2.24, 2.45) is 0 Å². The normalized spacial score (nSPS) is 12.5. The zero-order chi connectivity index (χ0) is 21.2. The van der Waals surface area contributed by atoms with Crippen LogP contribution in [0, 0.1) is 17.0 Å². The molecule has 0 N–H and O–H groups in total. The predicted octanol–water partition coefficient (Wildman–Crippen LogP) is -0.556. The Morgan fingerprint density at radius 2 is 1.79 bits per heavy atom. The first kappa shape index (κ1) is 20.5. The van der Waals surface area contributed by atoms with E-state index in [4.69, 9.17) is 0 Å². The number of benzene rings is 1. The van der Waals surface area contributed by atoms with Crippen LogP contribution in [0.1, 0.15) is 36.6 Å². The molecule has 0 fully saturated rings. The minimum Gasteiger partial charge on any atom is -0.347 e. The Morgan fingerprint density at radius 1 is 1.21 bits per heavy atom. The molecular formula is C16H16N4O8. The van der Waals surface area contributed by atoms with Crippen molar-refractivity contribution in [3.05, 3.63) is 44.5 Å². The number of amides is 5. The van der Waals surface area contributed by atoms with E-state index in [1.165, 1.54) is 32.0 Å². The highest BCUT2D eigenvalue weighted by molar-refractivity contribution is 6.23. The third-order valence-electron chi connectivity index (χ3n) is 4.03. The van der Waals surface area contributed by atoms with Crippen LogP contribution in [0.25, 0.3) is 0 Å². The zero-order valence-electron chi connectivity index (χ0n) is 15.2. The van der Waals surface area contributed by atoms with Gasteiger partial charge in [-0.1, -0.05) is 0 Å². The van der Waals surface area contributed by atoms with E-state index in [1.807, 2.05) is 0 Å². The minimum absolute atomic E-state index is 0.0183. The number of rotatable bonds is 7. The quantitative estimate of drug-likeness (QED) is 0.197. The van der Waals surface area contributed by atoms with Crippen LogP contribution in [0.15, 0.2) is 12.1 Å². The second-order valence-electron chi connectivity index (χ2n) is 6.06. The predicted molar refractivity (Wildman–Crippen MR) is 90.4 cm³/mol. The summed E-state index contributed by atoms with van der Waals surface area (Å²) >= 11 is 0. The summed E-state index contributed by atoms with van der Waals surface area (Å²) in [7, 11) is 2.95. The maximum absolute atomic E-state index is 12.5. The summed E-state index contributed by atoms with van der Waals surface area (Å²) < 4.78 is 0. The fraction of sp³-hybridized carbons (Fsp3) is 0.312. The van der Waals surface area contributed by atoms with Crippen molar-refractivity contribution < 1.29 is 33.9 Å².